The van der Waals surface area contributed by atoms with Crippen LogP contribution in [0.2, 0.25) is 5.02 Å². The SMILES string of the molecule is CCNC(=NCCOc1ccccc1Cl)NC(C)Cc1c(C)nn(C)c1C.I. The fourth-order valence-corrected chi connectivity index (χ4v) is 3.09. The molecule has 156 valence electrons. The van der Waals surface area contributed by atoms with Crippen molar-refractivity contribution in [1.82, 2.24) is 20.4 Å². The van der Waals surface area contributed by atoms with Crippen LogP contribution in [0.4, 0.5) is 0 Å². The molecular weight excluding hydrogens is 489 g/mol. The van der Waals surface area contributed by atoms with E-state index >= 15 is 0 Å². The van der Waals surface area contributed by atoms with Crippen molar-refractivity contribution in [2.24, 2.45) is 12.0 Å². The molecule has 1 atom stereocenters. The molecule has 0 saturated carbocycles. The minimum absolute atomic E-state index is 0. The van der Waals surface area contributed by atoms with E-state index in [1.807, 2.05) is 36.0 Å². The Bertz CT molecular complexity index is 778. The highest BCUT2D eigenvalue weighted by Gasteiger charge is 2.14. The van der Waals surface area contributed by atoms with Crippen LogP contribution in [0, 0.1) is 13.8 Å². The van der Waals surface area contributed by atoms with Gasteiger partial charge in [-0.05, 0) is 51.8 Å². The predicted molar refractivity (Wildman–Crippen MR) is 127 cm³/mol. The largest absolute Gasteiger partial charge is 0.490 e. The zero-order chi connectivity index (χ0) is 19.8. The number of hydrogen-bond donors (Lipinski definition) is 2. The average Bonchev–Trinajstić information content (AvgIpc) is 2.86. The monoisotopic (exact) mass is 519 g/mol. The van der Waals surface area contributed by atoms with Gasteiger partial charge in [-0.15, -0.1) is 24.0 Å². The summed E-state index contributed by atoms with van der Waals surface area (Å²) in [5.41, 5.74) is 3.57. The lowest BCUT2D eigenvalue weighted by atomic mass is 10.1. The van der Waals surface area contributed by atoms with Crippen molar-refractivity contribution >= 4 is 41.5 Å². The molecule has 1 unspecified atom stereocenters. The average molecular weight is 520 g/mol. The molecule has 0 amide bonds. The number of rotatable bonds is 8. The lowest BCUT2D eigenvalue weighted by molar-refractivity contribution is 0.328. The standard InChI is InChI=1S/C20H30ClN5O.HI/c1-6-22-20(23-11-12-27-19-10-8-7-9-18(19)21)24-14(2)13-17-15(3)25-26(5)16(17)4;/h7-10,14H,6,11-13H2,1-5H3,(H2,22,23,24);1H. The Morgan fingerprint density at radius 3 is 2.64 bits per heavy atom. The molecule has 8 heteroatoms. The van der Waals surface area contributed by atoms with Crippen molar-refractivity contribution in [3.8, 4) is 5.75 Å². The number of aromatic nitrogens is 2. The second kappa shape index (κ2) is 12.2. The smallest absolute Gasteiger partial charge is 0.191 e. The van der Waals surface area contributed by atoms with E-state index in [0.717, 1.165) is 24.6 Å². The maximum Gasteiger partial charge on any atom is 0.191 e. The maximum absolute atomic E-state index is 6.10. The number of aryl methyl sites for hydroxylation is 2. The Morgan fingerprint density at radius 2 is 2.04 bits per heavy atom. The van der Waals surface area contributed by atoms with Crippen LogP contribution >= 0.6 is 35.6 Å². The van der Waals surface area contributed by atoms with E-state index in [9.17, 15) is 0 Å². The second-order valence-corrected chi connectivity index (χ2v) is 6.97. The summed E-state index contributed by atoms with van der Waals surface area (Å²) in [4.78, 5) is 4.60. The first-order valence-electron chi connectivity index (χ1n) is 9.33. The van der Waals surface area contributed by atoms with E-state index in [1.54, 1.807) is 0 Å². The zero-order valence-electron chi connectivity index (χ0n) is 17.3. The number of aliphatic imine (C=N–C) groups is 1. The fraction of sp³-hybridized carbons (Fsp3) is 0.500. The third-order valence-corrected chi connectivity index (χ3v) is 4.66. The van der Waals surface area contributed by atoms with Gasteiger partial charge in [0.25, 0.3) is 0 Å². The Labute approximate surface area is 190 Å². The third kappa shape index (κ3) is 7.16. The molecule has 0 saturated heterocycles. The molecular formula is C20H31ClIN5O. The Balaban J connectivity index is 0.00000392. The molecule has 0 radical (unpaired) electrons. The predicted octanol–water partition coefficient (Wildman–Crippen LogP) is 3.87. The number of guanidine groups is 1. The van der Waals surface area contributed by atoms with Gasteiger partial charge >= 0.3 is 0 Å². The molecule has 0 aliphatic heterocycles. The van der Waals surface area contributed by atoms with Crippen molar-refractivity contribution in [3.63, 3.8) is 0 Å². The fourth-order valence-electron chi connectivity index (χ4n) is 2.90. The number of hydrogen-bond acceptors (Lipinski definition) is 3. The molecule has 2 rings (SSSR count). The van der Waals surface area contributed by atoms with Crippen LogP contribution in [0.25, 0.3) is 0 Å². The number of benzene rings is 1. The molecule has 2 aromatic rings. The summed E-state index contributed by atoms with van der Waals surface area (Å²) < 4.78 is 7.63. The molecule has 0 spiro atoms. The maximum atomic E-state index is 6.10. The van der Waals surface area contributed by atoms with Crippen LogP contribution in [-0.4, -0.2) is 41.5 Å². The Kier molecular flexibility index (Phi) is 10.7. The van der Waals surface area contributed by atoms with Crippen LogP contribution in [-0.2, 0) is 13.5 Å². The van der Waals surface area contributed by atoms with Gasteiger partial charge in [0.15, 0.2) is 5.96 Å². The van der Waals surface area contributed by atoms with Gasteiger partial charge in [-0.1, -0.05) is 23.7 Å². The normalized spacial score (nSPS) is 12.3. The van der Waals surface area contributed by atoms with Crippen LogP contribution < -0.4 is 15.4 Å². The number of nitrogens with zero attached hydrogens (tertiary/aromatic N) is 3. The first-order valence-corrected chi connectivity index (χ1v) is 9.71. The molecule has 0 bridgehead atoms. The molecule has 28 heavy (non-hydrogen) atoms. The summed E-state index contributed by atoms with van der Waals surface area (Å²) in [5, 5.41) is 11.8. The van der Waals surface area contributed by atoms with Gasteiger partial charge < -0.3 is 15.4 Å². The summed E-state index contributed by atoms with van der Waals surface area (Å²) in [6.07, 6.45) is 0.895. The molecule has 1 heterocycles. The molecule has 0 aliphatic rings. The van der Waals surface area contributed by atoms with Crippen molar-refractivity contribution in [2.75, 3.05) is 19.7 Å². The minimum Gasteiger partial charge on any atom is -0.490 e. The Hall–Kier alpha value is -1.48. The van der Waals surface area contributed by atoms with E-state index in [0.29, 0.717) is 23.9 Å². The number of para-hydroxylation sites is 1. The highest BCUT2D eigenvalue weighted by atomic mass is 127. The topological polar surface area (TPSA) is 63.5 Å². The Morgan fingerprint density at radius 1 is 1.32 bits per heavy atom. The van der Waals surface area contributed by atoms with Gasteiger partial charge in [0.1, 0.15) is 12.4 Å². The van der Waals surface area contributed by atoms with Crippen molar-refractivity contribution < 1.29 is 4.74 Å². The minimum atomic E-state index is 0. The summed E-state index contributed by atoms with van der Waals surface area (Å²) in [7, 11) is 1.98. The number of halogens is 2. The van der Waals surface area contributed by atoms with Gasteiger partial charge in [-0.3, -0.25) is 4.68 Å². The first kappa shape index (κ1) is 24.6. The van der Waals surface area contributed by atoms with Gasteiger partial charge in [0, 0.05) is 25.3 Å². The van der Waals surface area contributed by atoms with Crippen molar-refractivity contribution in [1.29, 1.82) is 0 Å². The third-order valence-electron chi connectivity index (χ3n) is 4.35. The molecule has 0 fully saturated rings. The summed E-state index contributed by atoms with van der Waals surface area (Å²) in [6.45, 7) is 10.2. The van der Waals surface area contributed by atoms with Crippen LogP contribution in [0.15, 0.2) is 29.3 Å². The second-order valence-electron chi connectivity index (χ2n) is 6.56. The van der Waals surface area contributed by atoms with E-state index < -0.39 is 0 Å². The molecule has 6 nitrogen and oxygen atoms in total. The van der Waals surface area contributed by atoms with E-state index in [1.165, 1.54) is 11.3 Å². The first-order chi connectivity index (χ1) is 12.9. The lowest BCUT2D eigenvalue weighted by Crippen LogP contribution is -2.43. The summed E-state index contributed by atoms with van der Waals surface area (Å²) >= 11 is 6.10. The van der Waals surface area contributed by atoms with E-state index in [-0.39, 0.29) is 30.0 Å². The van der Waals surface area contributed by atoms with Crippen molar-refractivity contribution in [2.45, 2.75) is 40.2 Å². The van der Waals surface area contributed by atoms with Gasteiger partial charge in [0.2, 0.25) is 0 Å². The summed E-state index contributed by atoms with van der Waals surface area (Å²) in [6, 6.07) is 7.69. The van der Waals surface area contributed by atoms with Crippen LogP contribution in [0.1, 0.15) is 30.8 Å². The van der Waals surface area contributed by atoms with Gasteiger partial charge in [-0.2, -0.15) is 5.10 Å². The van der Waals surface area contributed by atoms with Crippen molar-refractivity contribution in [3.05, 3.63) is 46.2 Å². The lowest BCUT2D eigenvalue weighted by Gasteiger charge is -2.18. The van der Waals surface area contributed by atoms with Gasteiger partial charge in [-0.25, -0.2) is 4.99 Å². The molecule has 0 aliphatic carbocycles. The molecule has 2 N–H and O–H groups in total. The number of nitrogens with one attached hydrogen (secondary N) is 2. The van der Waals surface area contributed by atoms with Crippen LogP contribution in [0.5, 0.6) is 5.75 Å². The number of ether oxygens (including phenoxy) is 1. The van der Waals surface area contributed by atoms with Crippen LogP contribution in [0.3, 0.4) is 0 Å². The molecule has 1 aromatic heterocycles. The quantitative estimate of drug-likeness (QED) is 0.241. The van der Waals surface area contributed by atoms with E-state index in [2.05, 4.69) is 48.4 Å². The van der Waals surface area contributed by atoms with E-state index in [4.69, 9.17) is 16.3 Å². The highest BCUT2D eigenvalue weighted by molar-refractivity contribution is 14.0. The zero-order valence-corrected chi connectivity index (χ0v) is 20.3. The summed E-state index contributed by atoms with van der Waals surface area (Å²) in [5.74, 6) is 1.47. The van der Waals surface area contributed by atoms with Gasteiger partial charge in [0.05, 0.1) is 17.3 Å². The highest BCUT2D eigenvalue weighted by Crippen LogP contribution is 2.22. The molecule has 1 aromatic carbocycles.